The number of pyridine rings is 3. The molecule has 13 heteroatoms. The van der Waals surface area contributed by atoms with Gasteiger partial charge in [0.25, 0.3) is 5.91 Å². The van der Waals surface area contributed by atoms with E-state index in [1.165, 1.54) is 30.5 Å². The molecule has 3 N–H and O–H groups in total. The molecule has 4 rings (SSSR count). The van der Waals surface area contributed by atoms with Gasteiger partial charge in [-0.25, -0.2) is 9.97 Å². The lowest BCUT2D eigenvalue weighted by atomic mass is 10.0. The van der Waals surface area contributed by atoms with Gasteiger partial charge in [0, 0.05) is 29.9 Å². The summed E-state index contributed by atoms with van der Waals surface area (Å²) in [5, 5.41) is 14.5. The molecule has 0 aliphatic carbocycles. The molecule has 3 aromatic heterocycles. The van der Waals surface area contributed by atoms with Crippen molar-refractivity contribution < 1.29 is 36.2 Å². The molecule has 0 unspecified atom stereocenters. The summed E-state index contributed by atoms with van der Waals surface area (Å²) in [7, 11) is 0. The third-order valence-electron chi connectivity index (χ3n) is 5.20. The minimum atomic E-state index is -4.76. The smallest absolute Gasteiger partial charge is 0.395 e. The highest BCUT2D eigenvalue weighted by molar-refractivity contribution is 5.96. The van der Waals surface area contributed by atoms with Crippen LogP contribution in [0.25, 0.3) is 22.2 Å². The van der Waals surface area contributed by atoms with Gasteiger partial charge in [0.05, 0.1) is 34.6 Å². The molecular weight excluding hydrogens is 504 g/mol. The Hall–Kier alpha value is -4.26. The van der Waals surface area contributed by atoms with Crippen LogP contribution in [0.3, 0.4) is 0 Å². The fourth-order valence-corrected chi connectivity index (χ4v) is 3.47. The average molecular weight is 521 g/mol. The normalized spacial score (nSPS) is 12.0. The van der Waals surface area contributed by atoms with E-state index < -0.39 is 35.1 Å². The van der Waals surface area contributed by atoms with Crippen LogP contribution in [0.1, 0.15) is 21.6 Å². The van der Waals surface area contributed by atoms with E-state index in [4.69, 9.17) is 5.11 Å². The Bertz CT molecular complexity index is 1440. The molecule has 0 spiro atoms. The van der Waals surface area contributed by atoms with Gasteiger partial charge in [-0.2, -0.15) is 26.3 Å². The lowest BCUT2D eigenvalue weighted by Crippen LogP contribution is -2.27. The molecule has 0 aliphatic heterocycles. The standard InChI is InChI=1S/C24H17F6N5O2/c25-23(26,27)14-2-6-20(33-12-14)34-17-7-8-31-19-11-13(1-3-15(17)19)21-16(24(28,29)30)4-5-18(35-21)22(37)32-9-10-36/h1-8,11-12,36H,9-10H2,(H,32,37)(H,31,33,34). The molecule has 0 radical (unpaired) electrons. The molecule has 3 heterocycles. The molecule has 1 amide bonds. The quantitative estimate of drug-likeness (QED) is 0.302. The topological polar surface area (TPSA) is 100 Å². The van der Waals surface area contributed by atoms with Crippen LogP contribution in [0.15, 0.2) is 60.9 Å². The molecule has 0 saturated heterocycles. The fraction of sp³-hybridized carbons (Fsp3) is 0.167. The number of anilines is 2. The van der Waals surface area contributed by atoms with Crippen LogP contribution in [-0.4, -0.2) is 39.1 Å². The number of fused-ring (bicyclic) bond motifs is 1. The van der Waals surface area contributed by atoms with Crippen molar-refractivity contribution in [2.24, 2.45) is 0 Å². The maximum atomic E-state index is 13.7. The van der Waals surface area contributed by atoms with Crippen LogP contribution in [0.2, 0.25) is 0 Å². The van der Waals surface area contributed by atoms with E-state index in [0.29, 0.717) is 17.3 Å². The number of hydrogen-bond donors (Lipinski definition) is 3. The van der Waals surface area contributed by atoms with Gasteiger partial charge >= 0.3 is 12.4 Å². The molecule has 0 aliphatic rings. The molecule has 1 aromatic carbocycles. The van der Waals surface area contributed by atoms with Crippen molar-refractivity contribution in [3.05, 3.63) is 77.7 Å². The van der Waals surface area contributed by atoms with Gasteiger partial charge in [-0.05, 0) is 36.4 Å². The second kappa shape index (κ2) is 10.0. The van der Waals surface area contributed by atoms with Gasteiger partial charge in [0.2, 0.25) is 0 Å². The van der Waals surface area contributed by atoms with E-state index in [1.807, 2.05) is 0 Å². The largest absolute Gasteiger partial charge is 0.418 e. The Kier molecular flexibility index (Phi) is 6.99. The first-order valence-corrected chi connectivity index (χ1v) is 10.6. The van der Waals surface area contributed by atoms with Crippen LogP contribution < -0.4 is 10.6 Å². The highest BCUT2D eigenvalue weighted by Crippen LogP contribution is 2.37. The number of rotatable bonds is 6. The highest BCUT2D eigenvalue weighted by atomic mass is 19.4. The number of aromatic nitrogens is 3. The Balaban J connectivity index is 1.72. The van der Waals surface area contributed by atoms with Gasteiger partial charge in [-0.15, -0.1) is 0 Å². The van der Waals surface area contributed by atoms with Crippen molar-refractivity contribution in [1.29, 1.82) is 0 Å². The second-order valence-corrected chi connectivity index (χ2v) is 7.72. The number of aliphatic hydroxyl groups excluding tert-OH is 1. The van der Waals surface area contributed by atoms with Crippen LogP contribution in [-0.2, 0) is 12.4 Å². The molecule has 192 valence electrons. The predicted octanol–water partition coefficient (Wildman–Crippen LogP) is 5.20. The molecule has 0 fully saturated rings. The Labute approximate surface area is 205 Å². The first-order chi connectivity index (χ1) is 17.5. The highest BCUT2D eigenvalue weighted by Gasteiger charge is 2.35. The van der Waals surface area contributed by atoms with Crippen molar-refractivity contribution in [3.8, 4) is 11.3 Å². The molecule has 0 atom stereocenters. The van der Waals surface area contributed by atoms with Gasteiger partial charge < -0.3 is 15.7 Å². The summed E-state index contributed by atoms with van der Waals surface area (Å²) in [5.74, 6) is -0.634. The molecular formula is C24H17F6N5O2. The monoisotopic (exact) mass is 521 g/mol. The molecule has 0 saturated carbocycles. The Morgan fingerprint density at radius 2 is 1.70 bits per heavy atom. The van der Waals surface area contributed by atoms with Crippen molar-refractivity contribution in [2.45, 2.75) is 12.4 Å². The zero-order valence-corrected chi connectivity index (χ0v) is 18.7. The van der Waals surface area contributed by atoms with E-state index in [-0.39, 0.29) is 35.7 Å². The second-order valence-electron chi connectivity index (χ2n) is 7.72. The number of amides is 1. The number of halogens is 6. The minimum Gasteiger partial charge on any atom is -0.395 e. The molecule has 37 heavy (non-hydrogen) atoms. The SMILES string of the molecule is O=C(NCCO)c1ccc(C(F)(F)F)c(-c2ccc3c(Nc4ccc(C(F)(F)F)cn4)ccnc3c2)n1. The summed E-state index contributed by atoms with van der Waals surface area (Å²) in [6.07, 6.45) is -7.25. The van der Waals surface area contributed by atoms with Crippen molar-refractivity contribution in [1.82, 2.24) is 20.3 Å². The third-order valence-corrected chi connectivity index (χ3v) is 5.20. The summed E-state index contributed by atoms with van der Waals surface area (Å²) in [5.41, 5.74) is -2.03. The summed E-state index contributed by atoms with van der Waals surface area (Å²) in [6, 6.07) is 9.44. The number of nitrogens with zero attached hydrogens (tertiary/aromatic N) is 3. The average Bonchev–Trinajstić information content (AvgIpc) is 2.86. The number of nitrogens with one attached hydrogen (secondary N) is 2. The Morgan fingerprint density at radius 3 is 2.35 bits per heavy atom. The minimum absolute atomic E-state index is 0.0361. The third kappa shape index (κ3) is 5.77. The number of alkyl halides is 6. The van der Waals surface area contributed by atoms with Gasteiger partial charge in [-0.3, -0.25) is 9.78 Å². The van der Waals surface area contributed by atoms with Crippen LogP contribution in [0.4, 0.5) is 37.8 Å². The van der Waals surface area contributed by atoms with E-state index in [1.54, 1.807) is 0 Å². The lowest BCUT2D eigenvalue weighted by molar-refractivity contribution is -0.138. The molecule has 4 aromatic rings. The van der Waals surface area contributed by atoms with Crippen LogP contribution in [0.5, 0.6) is 0 Å². The van der Waals surface area contributed by atoms with Crippen LogP contribution in [0, 0.1) is 0 Å². The Morgan fingerprint density at radius 1 is 0.919 bits per heavy atom. The molecule has 7 nitrogen and oxygen atoms in total. The number of aliphatic hydroxyl groups is 1. The number of hydrogen-bond acceptors (Lipinski definition) is 6. The number of carbonyl (C=O) groups excluding carboxylic acids is 1. The first-order valence-electron chi connectivity index (χ1n) is 10.6. The van der Waals surface area contributed by atoms with Gasteiger partial charge in [0.15, 0.2) is 0 Å². The van der Waals surface area contributed by atoms with Gasteiger partial charge in [0.1, 0.15) is 11.5 Å². The summed E-state index contributed by atoms with van der Waals surface area (Å²) in [6.45, 7) is -0.450. The number of carbonyl (C=O) groups is 1. The van der Waals surface area contributed by atoms with E-state index in [0.717, 1.165) is 24.3 Å². The number of benzene rings is 1. The zero-order valence-electron chi connectivity index (χ0n) is 18.7. The van der Waals surface area contributed by atoms with Crippen molar-refractivity contribution >= 4 is 28.3 Å². The zero-order chi connectivity index (χ0) is 26.8. The predicted molar refractivity (Wildman–Crippen MR) is 122 cm³/mol. The summed E-state index contributed by atoms with van der Waals surface area (Å²) >= 11 is 0. The van der Waals surface area contributed by atoms with Crippen LogP contribution >= 0.6 is 0 Å². The van der Waals surface area contributed by atoms with E-state index in [9.17, 15) is 31.1 Å². The maximum Gasteiger partial charge on any atom is 0.418 e. The maximum absolute atomic E-state index is 13.7. The van der Waals surface area contributed by atoms with Crippen molar-refractivity contribution in [3.63, 3.8) is 0 Å². The van der Waals surface area contributed by atoms with Gasteiger partial charge in [-0.1, -0.05) is 12.1 Å². The van der Waals surface area contributed by atoms with E-state index in [2.05, 4.69) is 25.6 Å². The summed E-state index contributed by atoms with van der Waals surface area (Å²) in [4.78, 5) is 24.1. The first kappa shape index (κ1) is 25.8. The van der Waals surface area contributed by atoms with Crippen molar-refractivity contribution in [2.75, 3.05) is 18.5 Å². The van der Waals surface area contributed by atoms with E-state index >= 15 is 0 Å². The summed E-state index contributed by atoms with van der Waals surface area (Å²) < 4.78 is 79.5. The molecule has 0 bridgehead atoms. The lowest BCUT2D eigenvalue weighted by Gasteiger charge is -2.15. The fourth-order valence-electron chi connectivity index (χ4n) is 3.47.